The normalized spacial score (nSPS) is 16.1. The molecule has 2 unspecified atom stereocenters. The van der Waals surface area contributed by atoms with Crippen molar-refractivity contribution >= 4 is 5.97 Å². The van der Waals surface area contributed by atoms with Gasteiger partial charge in [0, 0.05) is 19.0 Å². The van der Waals surface area contributed by atoms with E-state index in [1.807, 2.05) is 54.9 Å². The zero-order chi connectivity index (χ0) is 22.9. The number of pyridine rings is 1. The molecule has 4 rings (SSSR count). The summed E-state index contributed by atoms with van der Waals surface area (Å²) in [6.45, 7) is 0.432. The van der Waals surface area contributed by atoms with Crippen LogP contribution in [0.4, 0.5) is 0 Å². The summed E-state index contributed by atoms with van der Waals surface area (Å²) in [5, 5.41) is 8.89. The highest BCUT2D eigenvalue weighted by molar-refractivity contribution is 5.68. The Morgan fingerprint density at radius 3 is 2.58 bits per heavy atom. The summed E-state index contributed by atoms with van der Waals surface area (Å²) in [5.41, 5.74) is 4.77. The van der Waals surface area contributed by atoms with Crippen molar-refractivity contribution in [2.24, 2.45) is 5.92 Å². The van der Waals surface area contributed by atoms with Gasteiger partial charge in [-0.25, -0.2) is 4.79 Å². The Morgan fingerprint density at radius 2 is 1.79 bits per heavy atom. The lowest BCUT2D eigenvalue weighted by Crippen LogP contribution is -2.17. The van der Waals surface area contributed by atoms with Crippen molar-refractivity contribution in [3.63, 3.8) is 0 Å². The summed E-state index contributed by atoms with van der Waals surface area (Å²) in [6, 6.07) is 20.4. The van der Waals surface area contributed by atoms with Gasteiger partial charge in [-0.15, -0.1) is 0 Å². The minimum absolute atomic E-state index is 0.0695. The topological polar surface area (TPSA) is 68.7 Å². The average molecular weight is 446 g/mol. The smallest absolute Gasteiger partial charge is 0.341 e. The summed E-state index contributed by atoms with van der Waals surface area (Å²) < 4.78 is 11.8. The van der Waals surface area contributed by atoms with E-state index in [1.54, 1.807) is 0 Å². The number of rotatable bonds is 11. The minimum atomic E-state index is -0.943. The predicted molar refractivity (Wildman–Crippen MR) is 127 cm³/mol. The Kier molecular flexibility index (Phi) is 8.09. The van der Waals surface area contributed by atoms with Crippen molar-refractivity contribution in [3.05, 3.63) is 95.3 Å². The molecule has 2 aromatic carbocycles. The molecule has 0 saturated heterocycles. The van der Waals surface area contributed by atoms with Crippen molar-refractivity contribution in [3.8, 4) is 5.75 Å². The van der Waals surface area contributed by atoms with Crippen LogP contribution in [0.1, 0.15) is 54.0 Å². The number of ether oxygens (including phenoxy) is 2. The van der Waals surface area contributed by atoms with Gasteiger partial charge in [-0.2, -0.15) is 0 Å². The van der Waals surface area contributed by atoms with E-state index in [0.29, 0.717) is 5.92 Å². The number of benzene rings is 2. The summed E-state index contributed by atoms with van der Waals surface area (Å²) in [7, 11) is 0. The van der Waals surface area contributed by atoms with E-state index in [0.717, 1.165) is 55.6 Å². The Hall–Kier alpha value is -3.18. The van der Waals surface area contributed by atoms with Gasteiger partial charge in [-0.1, -0.05) is 55.3 Å². The Labute approximate surface area is 195 Å². The number of unbranched alkanes of at least 4 members (excludes halogenated alkanes) is 1. The Balaban J connectivity index is 1.26. The SMILES string of the molecule is O=C(O)COc1cccc2c1CCC(CCCCOC(c1ccccc1)c1ccncc1)C2. The fourth-order valence-electron chi connectivity index (χ4n) is 4.66. The molecular weight excluding hydrogens is 414 g/mol. The maximum Gasteiger partial charge on any atom is 0.341 e. The Bertz CT molecular complexity index is 983. The third kappa shape index (κ3) is 6.42. The summed E-state index contributed by atoms with van der Waals surface area (Å²) in [5.74, 6) is 0.434. The number of hydrogen-bond donors (Lipinski definition) is 1. The van der Waals surface area contributed by atoms with Gasteiger partial charge in [0.05, 0.1) is 0 Å². The van der Waals surface area contributed by atoms with Crippen molar-refractivity contribution in [2.45, 2.75) is 44.6 Å². The molecule has 1 N–H and O–H groups in total. The van der Waals surface area contributed by atoms with E-state index in [2.05, 4.69) is 23.2 Å². The third-order valence-electron chi connectivity index (χ3n) is 6.29. The van der Waals surface area contributed by atoms with Crippen molar-refractivity contribution < 1.29 is 19.4 Å². The molecule has 2 atom stereocenters. The standard InChI is InChI=1S/C28H31NO4/c30-27(31)20-33-26-11-6-10-24-19-21(12-13-25(24)26)7-4-5-18-32-28(22-8-2-1-3-9-22)23-14-16-29-17-15-23/h1-3,6,8-11,14-17,21,28H,4-5,7,12-13,18-20H2,(H,30,31). The lowest BCUT2D eigenvalue weighted by atomic mass is 9.81. The summed E-state index contributed by atoms with van der Waals surface area (Å²) in [6.07, 6.45) is 9.99. The first-order valence-corrected chi connectivity index (χ1v) is 11.7. The monoisotopic (exact) mass is 445 g/mol. The second kappa shape index (κ2) is 11.6. The molecule has 1 heterocycles. The highest BCUT2D eigenvalue weighted by Gasteiger charge is 2.21. The first kappa shape index (κ1) is 23.0. The van der Waals surface area contributed by atoms with Crippen LogP contribution in [0.15, 0.2) is 73.1 Å². The zero-order valence-electron chi connectivity index (χ0n) is 18.9. The van der Waals surface area contributed by atoms with Gasteiger partial charge in [-0.05, 0) is 72.1 Å². The first-order valence-electron chi connectivity index (χ1n) is 11.7. The molecule has 5 heteroatoms. The molecule has 0 fully saturated rings. The largest absolute Gasteiger partial charge is 0.482 e. The Morgan fingerprint density at radius 1 is 1.00 bits per heavy atom. The van der Waals surface area contributed by atoms with E-state index >= 15 is 0 Å². The molecule has 1 aliphatic rings. The van der Waals surface area contributed by atoms with Crippen LogP contribution in [0.3, 0.4) is 0 Å². The van der Waals surface area contributed by atoms with Crippen molar-refractivity contribution in [2.75, 3.05) is 13.2 Å². The number of nitrogens with zero attached hydrogens (tertiary/aromatic N) is 1. The zero-order valence-corrected chi connectivity index (χ0v) is 18.9. The number of aliphatic carboxylic acids is 1. The number of fused-ring (bicyclic) bond motifs is 1. The van der Waals surface area contributed by atoms with E-state index in [-0.39, 0.29) is 12.7 Å². The molecule has 5 nitrogen and oxygen atoms in total. The van der Waals surface area contributed by atoms with Gasteiger partial charge in [-0.3, -0.25) is 4.98 Å². The number of aromatic nitrogens is 1. The molecule has 0 saturated carbocycles. The van der Waals surface area contributed by atoms with E-state index in [4.69, 9.17) is 14.6 Å². The van der Waals surface area contributed by atoms with E-state index in [9.17, 15) is 4.79 Å². The van der Waals surface area contributed by atoms with Crippen LogP contribution < -0.4 is 4.74 Å². The highest BCUT2D eigenvalue weighted by Crippen LogP contribution is 2.34. The molecular formula is C28H31NO4. The van der Waals surface area contributed by atoms with Gasteiger partial charge in [0.1, 0.15) is 11.9 Å². The van der Waals surface area contributed by atoms with Crippen LogP contribution in [0, 0.1) is 5.92 Å². The minimum Gasteiger partial charge on any atom is -0.482 e. The second-order valence-corrected chi connectivity index (χ2v) is 8.62. The number of carboxylic acid groups (broad SMARTS) is 1. The molecule has 0 bridgehead atoms. The molecule has 1 aromatic heterocycles. The number of hydrogen-bond acceptors (Lipinski definition) is 4. The molecule has 0 radical (unpaired) electrons. The van der Waals surface area contributed by atoms with Crippen molar-refractivity contribution in [1.82, 2.24) is 4.98 Å². The molecule has 0 amide bonds. The second-order valence-electron chi connectivity index (χ2n) is 8.62. The lowest BCUT2D eigenvalue weighted by Gasteiger charge is -2.26. The predicted octanol–water partition coefficient (Wildman–Crippen LogP) is 5.63. The summed E-state index contributed by atoms with van der Waals surface area (Å²) in [4.78, 5) is 15.0. The fourth-order valence-corrected chi connectivity index (χ4v) is 4.66. The van der Waals surface area contributed by atoms with Crippen LogP contribution in [-0.4, -0.2) is 29.3 Å². The van der Waals surface area contributed by atoms with Gasteiger partial charge < -0.3 is 14.6 Å². The molecule has 1 aliphatic carbocycles. The highest BCUT2D eigenvalue weighted by atomic mass is 16.5. The van der Waals surface area contributed by atoms with Crippen LogP contribution in [0.5, 0.6) is 5.75 Å². The average Bonchev–Trinajstić information content (AvgIpc) is 2.85. The molecule has 172 valence electrons. The van der Waals surface area contributed by atoms with E-state index in [1.165, 1.54) is 17.5 Å². The van der Waals surface area contributed by atoms with Crippen LogP contribution in [0.2, 0.25) is 0 Å². The van der Waals surface area contributed by atoms with Gasteiger partial charge in [0.15, 0.2) is 6.61 Å². The molecule has 0 spiro atoms. The number of carboxylic acids is 1. The van der Waals surface area contributed by atoms with Gasteiger partial charge in [0.2, 0.25) is 0 Å². The van der Waals surface area contributed by atoms with Crippen LogP contribution in [0.25, 0.3) is 0 Å². The van der Waals surface area contributed by atoms with E-state index < -0.39 is 5.97 Å². The van der Waals surface area contributed by atoms with Crippen LogP contribution in [-0.2, 0) is 22.4 Å². The fraction of sp³-hybridized carbons (Fsp3) is 0.357. The summed E-state index contributed by atoms with van der Waals surface area (Å²) >= 11 is 0. The molecule has 3 aromatic rings. The molecule has 0 aliphatic heterocycles. The van der Waals surface area contributed by atoms with Crippen LogP contribution >= 0.6 is 0 Å². The lowest BCUT2D eigenvalue weighted by molar-refractivity contribution is -0.139. The number of carbonyl (C=O) groups is 1. The quantitative estimate of drug-likeness (QED) is 0.388. The first-order chi connectivity index (χ1) is 16.2. The maximum absolute atomic E-state index is 10.8. The van der Waals surface area contributed by atoms with Gasteiger partial charge in [0.25, 0.3) is 0 Å². The van der Waals surface area contributed by atoms with Crippen molar-refractivity contribution in [1.29, 1.82) is 0 Å². The third-order valence-corrected chi connectivity index (χ3v) is 6.29. The maximum atomic E-state index is 10.8. The molecule has 33 heavy (non-hydrogen) atoms. The van der Waals surface area contributed by atoms with Gasteiger partial charge >= 0.3 is 5.97 Å².